The monoisotopic (exact) mass is 228 g/mol. The molecule has 0 atom stereocenters. The highest BCUT2D eigenvalue weighted by molar-refractivity contribution is 7.89. The molecule has 0 aromatic heterocycles. The van der Waals surface area contributed by atoms with Crippen LogP contribution in [0.15, 0.2) is 29.2 Å². The molecule has 0 spiro atoms. The molecule has 0 unspecified atom stereocenters. The topological polar surface area (TPSA) is 49.4 Å². The molecule has 0 fully saturated rings. The van der Waals surface area contributed by atoms with Crippen molar-refractivity contribution in [3.63, 3.8) is 0 Å². The van der Waals surface area contributed by atoms with Crippen molar-refractivity contribution < 1.29 is 8.42 Å². The van der Waals surface area contributed by atoms with Gasteiger partial charge in [0.1, 0.15) is 0 Å². The van der Waals surface area contributed by atoms with Crippen molar-refractivity contribution in [3.8, 4) is 0 Å². The summed E-state index contributed by atoms with van der Waals surface area (Å²) in [6, 6.07) is 6.77. The predicted octanol–water partition coefficient (Wildman–Crippen LogP) is 1.37. The van der Waals surface area contributed by atoms with Crippen molar-refractivity contribution in [2.24, 2.45) is 0 Å². The van der Waals surface area contributed by atoms with Crippen LogP contribution in [-0.4, -0.2) is 33.4 Å². The molecular weight excluding hydrogens is 212 g/mol. The first-order chi connectivity index (χ1) is 7.02. The van der Waals surface area contributed by atoms with Gasteiger partial charge >= 0.3 is 0 Å². The number of nitrogens with zero attached hydrogens (tertiary/aromatic N) is 1. The van der Waals surface area contributed by atoms with Crippen molar-refractivity contribution in [1.82, 2.24) is 4.31 Å². The lowest BCUT2D eigenvalue weighted by atomic mass is 10.3. The Bertz CT molecular complexity index is 429. The maximum atomic E-state index is 11.9. The van der Waals surface area contributed by atoms with E-state index in [4.69, 9.17) is 0 Å². The van der Waals surface area contributed by atoms with Gasteiger partial charge < -0.3 is 5.32 Å². The van der Waals surface area contributed by atoms with Crippen molar-refractivity contribution in [1.29, 1.82) is 0 Å². The van der Waals surface area contributed by atoms with Crippen molar-refractivity contribution in [3.05, 3.63) is 24.3 Å². The first-order valence-corrected chi connectivity index (χ1v) is 6.20. The van der Waals surface area contributed by atoms with Crippen LogP contribution in [0.5, 0.6) is 0 Å². The third kappa shape index (κ3) is 2.49. The molecule has 0 aliphatic rings. The predicted molar refractivity (Wildman–Crippen MR) is 61.5 cm³/mol. The van der Waals surface area contributed by atoms with Crippen LogP contribution in [0.1, 0.15) is 6.92 Å². The Morgan fingerprint density at radius 1 is 1.40 bits per heavy atom. The lowest BCUT2D eigenvalue weighted by Crippen LogP contribution is -2.26. The average molecular weight is 228 g/mol. The fraction of sp³-hybridized carbons (Fsp3) is 0.400. The normalized spacial score (nSPS) is 11.7. The highest BCUT2D eigenvalue weighted by Gasteiger charge is 2.18. The molecular formula is C10H16N2O2S. The number of sulfonamides is 1. The van der Waals surface area contributed by atoms with E-state index in [1.54, 1.807) is 39.2 Å². The van der Waals surface area contributed by atoms with E-state index in [2.05, 4.69) is 5.32 Å². The number of hydrogen-bond donors (Lipinski definition) is 1. The van der Waals surface area contributed by atoms with Gasteiger partial charge in [0.05, 0.1) is 4.90 Å². The second kappa shape index (κ2) is 4.63. The Morgan fingerprint density at radius 3 is 2.60 bits per heavy atom. The van der Waals surface area contributed by atoms with E-state index >= 15 is 0 Å². The smallest absolute Gasteiger partial charge is 0.242 e. The number of benzene rings is 1. The first-order valence-electron chi connectivity index (χ1n) is 4.76. The van der Waals surface area contributed by atoms with E-state index in [0.29, 0.717) is 11.4 Å². The highest BCUT2D eigenvalue weighted by Crippen LogP contribution is 2.17. The van der Waals surface area contributed by atoms with Crippen LogP contribution >= 0.6 is 0 Å². The Morgan fingerprint density at radius 2 is 2.07 bits per heavy atom. The van der Waals surface area contributed by atoms with Crippen LogP contribution in [0.3, 0.4) is 0 Å². The minimum Gasteiger partial charge on any atom is -0.388 e. The molecule has 0 saturated carbocycles. The van der Waals surface area contributed by atoms with Crippen LogP contribution < -0.4 is 5.32 Å². The zero-order valence-corrected chi connectivity index (χ0v) is 10.0. The van der Waals surface area contributed by atoms with E-state index in [0.717, 1.165) is 5.69 Å². The van der Waals surface area contributed by atoms with E-state index in [1.165, 1.54) is 4.31 Å². The summed E-state index contributed by atoms with van der Waals surface area (Å²) in [6.45, 7) is 2.27. The summed E-state index contributed by atoms with van der Waals surface area (Å²) in [5.41, 5.74) is 0.792. The first kappa shape index (κ1) is 12.0. The van der Waals surface area contributed by atoms with Gasteiger partial charge in [-0.3, -0.25) is 0 Å². The molecule has 0 bridgehead atoms. The molecule has 1 rings (SSSR count). The summed E-state index contributed by atoms with van der Waals surface area (Å²) < 4.78 is 25.2. The zero-order valence-electron chi connectivity index (χ0n) is 9.19. The molecule has 5 heteroatoms. The van der Waals surface area contributed by atoms with Gasteiger partial charge in [-0.2, -0.15) is 0 Å². The molecule has 0 amide bonds. The Labute approximate surface area is 91.0 Å². The molecule has 0 saturated heterocycles. The molecule has 1 N–H and O–H groups in total. The Kier molecular flexibility index (Phi) is 3.71. The molecule has 0 aliphatic heterocycles. The summed E-state index contributed by atoms with van der Waals surface area (Å²) in [4.78, 5) is 0.318. The minimum atomic E-state index is -3.33. The summed E-state index contributed by atoms with van der Waals surface area (Å²) >= 11 is 0. The summed E-state index contributed by atoms with van der Waals surface area (Å²) in [5, 5.41) is 2.91. The van der Waals surface area contributed by atoms with Gasteiger partial charge in [0, 0.05) is 26.3 Å². The van der Waals surface area contributed by atoms with E-state index < -0.39 is 10.0 Å². The van der Waals surface area contributed by atoms with Gasteiger partial charge in [-0.25, -0.2) is 12.7 Å². The van der Waals surface area contributed by atoms with Crippen LogP contribution in [0, 0.1) is 0 Å². The molecule has 84 valence electrons. The Balaban J connectivity index is 3.16. The van der Waals surface area contributed by atoms with Crippen molar-refractivity contribution in [2.75, 3.05) is 26.0 Å². The number of rotatable bonds is 4. The third-order valence-corrected chi connectivity index (χ3v) is 4.20. The number of nitrogens with one attached hydrogen (secondary N) is 1. The van der Waals surface area contributed by atoms with Crippen LogP contribution in [0.2, 0.25) is 0 Å². The van der Waals surface area contributed by atoms with Gasteiger partial charge in [-0.05, 0) is 18.2 Å². The molecule has 1 aromatic rings. The largest absolute Gasteiger partial charge is 0.388 e. The van der Waals surface area contributed by atoms with Crippen LogP contribution in [0.25, 0.3) is 0 Å². The summed E-state index contributed by atoms with van der Waals surface area (Å²) in [7, 11) is 0.00170. The second-order valence-corrected chi connectivity index (χ2v) is 5.24. The van der Waals surface area contributed by atoms with E-state index in [9.17, 15) is 8.42 Å². The van der Waals surface area contributed by atoms with Gasteiger partial charge in [0.25, 0.3) is 0 Å². The molecule has 0 radical (unpaired) electrons. The Hall–Kier alpha value is -1.07. The molecule has 0 heterocycles. The van der Waals surface area contributed by atoms with Gasteiger partial charge in [0.2, 0.25) is 10.0 Å². The quantitative estimate of drug-likeness (QED) is 0.846. The molecule has 0 aliphatic carbocycles. The van der Waals surface area contributed by atoms with E-state index in [1.807, 2.05) is 6.07 Å². The third-order valence-electron chi connectivity index (χ3n) is 2.28. The summed E-state index contributed by atoms with van der Waals surface area (Å²) in [6.07, 6.45) is 0. The fourth-order valence-electron chi connectivity index (χ4n) is 1.16. The molecule has 4 nitrogen and oxygen atoms in total. The fourth-order valence-corrected chi connectivity index (χ4v) is 2.39. The van der Waals surface area contributed by atoms with Gasteiger partial charge in [-0.15, -0.1) is 0 Å². The average Bonchev–Trinajstić information content (AvgIpc) is 2.27. The maximum Gasteiger partial charge on any atom is 0.242 e. The van der Waals surface area contributed by atoms with Crippen molar-refractivity contribution in [2.45, 2.75) is 11.8 Å². The molecule has 15 heavy (non-hydrogen) atoms. The molecule has 1 aromatic carbocycles. The van der Waals surface area contributed by atoms with Crippen molar-refractivity contribution >= 4 is 15.7 Å². The SMILES string of the molecule is CCN(C)S(=O)(=O)c1cccc(NC)c1. The maximum absolute atomic E-state index is 11.9. The van der Waals surface area contributed by atoms with Crippen LogP contribution in [0.4, 0.5) is 5.69 Å². The number of hydrogen-bond acceptors (Lipinski definition) is 3. The lowest BCUT2D eigenvalue weighted by molar-refractivity contribution is 0.486. The van der Waals surface area contributed by atoms with Gasteiger partial charge in [-0.1, -0.05) is 13.0 Å². The van der Waals surface area contributed by atoms with Crippen LogP contribution in [-0.2, 0) is 10.0 Å². The number of anilines is 1. The van der Waals surface area contributed by atoms with Gasteiger partial charge in [0.15, 0.2) is 0 Å². The minimum absolute atomic E-state index is 0.318. The standard InChI is InChI=1S/C10H16N2O2S/c1-4-12(3)15(13,14)10-7-5-6-9(8-10)11-2/h5-8,11H,4H2,1-3H3. The zero-order chi connectivity index (χ0) is 11.5. The lowest BCUT2D eigenvalue weighted by Gasteiger charge is -2.15. The summed E-state index contributed by atoms with van der Waals surface area (Å²) in [5.74, 6) is 0. The highest BCUT2D eigenvalue weighted by atomic mass is 32.2. The second-order valence-electron chi connectivity index (χ2n) is 3.20. The van der Waals surface area contributed by atoms with E-state index in [-0.39, 0.29) is 0 Å².